The van der Waals surface area contributed by atoms with Gasteiger partial charge in [-0.25, -0.2) is 19.4 Å². The van der Waals surface area contributed by atoms with Gasteiger partial charge in [0.05, 0.1) is 13.0 Å². The molecule has 2 aromatic heterocycles. The SMILES string of the molecule is Cc1nc(-c2ccnc(NC(=O)O)c2)nn1CCN(C(=O)Cc1cccc2ccccc12)C1CCCC1. The summed E-state index contributed by atoms with van der Waals surface area (Å²) in [5, 5.41) is 18.1. The summed E-state index contributed by atoms with van der Waals surface area (Å²) in [6.07, 6.45) is 5.05. The van der Waals surface area contributed by atoms with Crippen LogP contribution < -0.4 is 5.32 Å². The lowest BCUT2D eigenvalue weighted by atomic mass is 10.0. The van der Waals surface area contributed by atoms with E-state index in [1.807, 2.05) is 40.8 Å². The van der Waals surface area contributed by atoms with Crippen LogP contribution in [0, 0.1) is 6.92 Å². The van der Waals surface area contributed by atoms with Crippen molar-refractivity contribution < 1.29 is 14.7 Å². The van der Waals surface area contributed by atoms with Gasteiger partial charge in [-0.1, -0.05) is 55.3 Å². The average Bonchev–Trinajstić information content (AvgIpc) is 3.55. The Morgan fingerprint density at radius 2 is 1.89 bits per heavy atom. The first-order valence-corrected chi connectivity index (χ1v) is 12.6. The van der Waals surface area contributed by atoms with Crippen molar-refractivity contribution in [2.24, 2.45) is 0 Å². The average molecular weight is 499 g/mol. The molecule has 1 aliphatic carbocycles. The number of nitrogens with zero attached hydrogens (tertiary/aromatic N) is 5. The molecular weight excluding hydrogens is 468 g/mol. The maximum Gasteiger partial charge on any atom is 0.410 e. The Hall–Kier alpha value is -4.27. The van der Waals surface area contributed by atoms with Gasteiger partial charge < -0.3 is 10.0 Å². The Balaban J connectivity index is 1.33. The fraction of sp³-hybridized carbons (Fsp3) is 0.321. The van der Waals surface area contributed by atoms with Gasteiger partial charge in [0.25, 0.3) is 0 Å². The molecule has 2 heterocycles. The van der Waals surface area contributed by atoms with Gasteiger partial charge in [-0.3, -0.25) is 10.1 Å². The van der Waals surface area contributed by atoms with E-state index >= 15 is 0 Å². The van der Waals surface area contributed by atoms with Gasteiger partial charge in [-0.15, -0.1) is 0 Å². The maximum atomic E-state index is 13.6. The van der Waals surface area contributed by atoms with E-state index in [0.29, 0.717) is 30.9 Å². The third-order valence-electron chi connectivity index (χ3n) is 6.97. The molecule has 2 aromatic carbocycles. The normalized spacial score (nSPS) is 13.6. The number of carbonyl (C=O) groups excluding carboxylic acids is 1. The van der Waals surface area contributed by atoms with Crippen LogP contribution in [-0.2, 0) is 17.8 Å². The number of fused-ring (bicyclic) bond motifs is 1. The zero-order valence-corrected chi connectivity index (χ0v) is 20.8. The lowest BCUT2D eigenvalue weighted by Gasteiger charge is -2.29. The van der Waals surface area contributed by atoms with Gasteiger partial charge in [0.15, 0.2) is 5.82 Å². The van der Waals surface area contributed by atoms with E-state index in [2.05, 4.69) is 38.6 Å². The van der Waals surface area contributed by atoms with Crippen molar-refractivity contribution in [1.82, 2.24) is 24.6 Å². The molecule has 5 rings (SSSR count). The predicted molar refractivity (Wildman–Crippen MR) is 141 cm³/mol. The van der Waals surface area contributed by atoms with Crippen LogP contribution >= 0.6 is 0 Å². The molecule has 0 bridgehead atoms. The fourth-order valence-corrected chi connectivity index (χ4v) is 5.14. The first-order valence-electron chi connectivity index (χ1n) is 12.6. The zero-order chi connectivity index (χ0) is 25.8. The van der Waals surface area contributed by atoms with Crippen molar-refractivity contribution in [3.8, 4) is 11.4 Å². The second-order valence-corrected chi connectivity index (χ2v) is 9.41. The molecule has 2 N–H and O–H groups in total. The number of aromatic nitrogens is 4. The minimum atomic E-state index is -1.18. The van der Waals surface area contributed by atoms with E-state index in [4.69, 9.17) is 5.11 Å². The molecular formula is C28H30N6O3. The molecule has 0 unspecified atom stereocenters. The van der Waals surface area contributed by atoms with E-state index in [1.54, 1.807) is 12.1 Å². The molecule has 0 saturated heterocycles. The number of hydrogen-bond donors (Lipinski definition) is 2. The summed E-state index contributed by atoms with van der Waals surface area (Å²) >= 11 is 0. The van der Waals surface area contributed by atoms with Crippen LogP contribution in [0.2, 0.25) is 0 Å². The third kappa shape index (κ3) is 5.61. The van der Waals surface area contributed by atoms with Gasteiger partial charge >= 0.3 is 6.09 Å². The number of carboxylic acid groups (broad SMARTS) is 1. The van der Waals surface area contributed by atoms with Crippen LogP contribution in [0.4, 0.5) is 10.6 Å². The minimum Gasteiger partial charge on any atom is -0.465 e. The van der Waals surface area contributed by atoms with Crippen molar-refractivity contribution in [2.75, 3.05) is 11.9 Å². The summed E-state index contributed by atoms with van der Waals surface area (Å²) in [6, 6.07) is 17.9. The Labute approximate surface area is 215 Å². The van der Waals surface area contributed by atoms with Crippen LogP contribution in [0.5, 0.6) is 0 Å². The molecule has 1 saturated carbocycles. The van der Waals surface area contributed by atoms with E-state index in [1.165, 1.54) is 6.20 Å². The molecule has 9 heteroatoms. The molecule has 1 fully saturated rings. The van der Waals surface area contributed by atoms with Gasteiger partial charge in [0, 0.05) is 24.3 Å². The van der Waals surface area contributed by atoms with Crippen molar-refractivity contribution in [3.05, 3.63) is 72.2 Å². The number of hydrogen-bond acceptors (Lipinski definition) is 5. The van der Waals surface area contributed by atoms with Crippen molar-refractivity contribution >= 4 is 28.6 Å². The standard InChI is InChI=1S/C28H30N6O3/c1-19-30-27(22-13-14-29-25(17-22)31-28(36)37)32-34(19)16-15-33(23-10-3-4-11-23)26(35)18-21-9-6-8-20-7-2-5-12-24(20)21/h2,5-9,12-14,17,23H,3-4,10-11,15-16,18H2,1H3,(H,29,31)(H,36,37). The van der Waals surface area contributed by atoms with Crippen LogP contribution in [-0.4, -0.2) is 54.3 Å². The fourth-order valence-electron chi connectivity index (χ4n) is 5.14. The number of benzene rings is 2. The van der Waals surface area contributed by atoms with Crippen molar-refractivity contribution in [2.45, 2.75) is 51.6 Å². The number of amides is 2. The highest BCUT2D eigenvalue weighted by Crippen LogP contribution is 2.26. The summed E-state index contributed by atoms with van der Waals surface area (Å²) in [6.45, 7) is 2.97. The highest BCUT2D eigenvalue weighted by molar-refractivity contribution is 5.90. The number of pyridine rings is 1. The summed E-state index contributed by atoms with van der Waals surface area (Å²) < 4.78 is 1.81. The lowest BCUT2D eigenvalue weighted by Crippen LogP contribution is -2.42. The minimum absolute atomic E-state index is 0.139. The summed E-state index contributed by atoms with van der Waals surface area (Å²) in [4.78, 5) is 35.2. The Kier molecular flexibility index (Phi) is 7.11. The van der Waals surface area contributed by atoms with E-state index < -0.39 is 6.09 Å². The summed E-state index contributed by atoms with van der Waals surface area (Å²) in [7, 11) is 0. The highest BCUT2D eigenvalue weighted by atomic mass is 16.4. The quantitative estimate of drug-likeness (QED) is 0.357. The molecule has 190 valence electrons. The van der Waals surface area contributed by atoms with Gasteiger partial charge in [-0.05, 0) is 48.2 Å². The summed E-state index contributed by atoms with van der Waals surface area (Å²) in [5.41, 5.74) is 1.72. The molecule has 0 aliphatic heterocycles. The van der Waals surface area contributed by atoms with Crippen LogP contribution in [0.15, 0.2) is 60.8 Å². The monoisotopic (exact) mass is 498 g/mol. The molecule has 1 aliphatic rings. The van der Waals surface area contributed by atoms with E-state index in [-0.39, 0.29) is 17.8 Å². The predicted octanol–water partition coefficient (Wildman–Crippen LogP) is 4.91. The van der Waals surface area contributed by atoms with E-state index in [0.717, 1.165) is 47.8 Å². The zero-order valence-electron chi connectivity index (χ0n) is 20.8. The molecule has 0 spiro atoms. The van der Waals surface area contributed by atoms with Crippen molar-refractivity contribution in [1.29, 1.82) is 0 Å². The lowest BCUT2D eigenvalue weighted by molar-refractivity contribution is -0.132. The third-order valence-corrected chi connectivity index (χ3v) is 6.97. The maximum absolute atomic E-state index is 13.6. The Bertz CT molecular complexity index is 1420. The molecule has 0 radical (unpaired) electrons. The molecule has 37 heavy (non-hydrogen) atoms. The number of aryl methyl sites for hydroxylation is 1. The van der Waals surface area contributed by atoms with Gasteiger partial charge in [0.1, 0.15) is 11.6 Å². The number of rotatable bonds is 8. The molecule has 9 nitrogen and oxygen atoms in total. The Morgan fingerprint density at radius 3 is 2.70 bits per heavy atom. The van der Waals surface area contributed by atoms with Crippen molar-refractivity contribution in [3.63, 3.8) is 0 Å². The second-order valence-electron chi connectivity index (χ2n) is 9.41. The second kappa shape index (κ2) is 10.8. The van der Waals surface area contributed by atoms with Crippen LogP contribution in [0.3, 0.4) is 0 Å². The smallest absolute Gasteiger partial charge is 0.410 e. The number of carbonyl (C=O) groups is 2. The Morgan fingerprint density at radius 1 is 1.11 bits per heavy atom. The largest absolute Gasteiger partial charge is 0.465 e. The summed E-state index contributed by atoms with van der Waals surface area (Å²) in [5.74, 6) is 1.57. The first-order chi connectivity index (χ1) is 18.0. The number of nitrogens with one attached hydrogen (secondary N) is 1. The molecule has 4 aromatic rings. The van der Waals surface area contributed by atoms with E-state index in [9.17, 15) is 9.59 Å². The van der Waals surface area contributed by atoms with Crippen LogP contribution in [0.1, 0.15) is 37.1 Å². The van der Waals surface area contributed by atoms with Gasteiger partial charge in [-0.2, -0.15) is 5.10 Å². The molecule has 0 atom stereocenters. The first kappa shape index (κ1) is 24.4. The molecule has 2 amide bonds. The van der Waals surface area contributed by atoms with Gasteiger partial charge in [0.2, 0.25) is 5.91 Å². The van der Waals surface area contributed by atoms with Crippen LogP contribution in [0.25, 0.3) is 22.2 Å². The topological polar surface area (TPSA) is 113 Å². The number of anilines is 1. The highest BCUT2D eigenvalue weighted by Gasteiger charge is 2.27.